The maximum atomic E-state index is 11.0. The van der Waals surface area contributed by atoms with E-state index in [1.807, 2.05) is 0 Å². The fourth-order valence-electron chi connectivity index (χ4n) is 1.58. The zero-order valence-corrected chi connectivity index (χ0v) is 10.8. The Morgan fingerprint density at radius 3 is 2.74 bits per heavy atom. The van der Waals surface area contributed by atoms with Crippen molar-refractivity contribution >= 4 is 11.7 Å². The number of nitro benzene ring substituents is 1. The molecule has 0 aromatic heterocycles. The first-order chi connectivity index (χ1) is 8.99. The topological polar surface area (TPSA) is 102 Å². The van der Waals surface area contributed by atoms with Crippen LogP contribution in [0.5, 0.6) is 5.75 Å². The third-order valence-electron chi connectivity index (χ3n) is 2.52. The second-order valence-electron chi connectivity index (χ2n) is 3.94. The SMILES string of the molecule is CCC(Oc1ccc(CNC)cc1[N+](=O)[O-])C(=O)O. The molecule has 7 heteroatoms. The molecule has 104 valence electrons. The Morgan fingerprint density at radius 2 is 2.26 bits per heavy atom. The Kier molecular flexibility index (Phi) is 5.25. The van der Waals surface area contributed by atoms with E-state index in [4.69, 9.17) is 9.84 Å². The molecule has 19 heavy (non-hydrogen) atoms. The summed E-state index contributed by atoms with van der Waals surface area (Å²) >= 11 is 0. The van der Waals surface area contributed by atoms with E-state index in [0.29, 0.717) is 6.54 Å². The minimum absolute atomic E-state index is 0.0286. The number of ether oxygens (including phenoxy) is 1. The molecule has 0 spiro atoms. The van der Waals surface area contributed by atoms with E-state index in [-0.39, 0.29) is 17.9 Å². The molecular formula is C12H16N2O5. The van der Waals surface area contributed by atoms with Gasteiger partial charge in [0, 0.05) is 12.6 Å². The fourth-order valence-corrected chi connectivity index (χ4v) is 1.58. The van der Waals surface area contributed by atoms with E-state index in [1.165, 1.54) is 12.1 Å². The smallest absolute Gasteiger partial charge is 0.344 e. The van der Waals surface area contributed by atoms with Crippen molar-refractivity contribution in [3.8, 4) is 5.75 Å². The van der Waals surface area contributed by atoms with Gasteiger partial charge in [0.15, 0.2) is 11.9 Å². The van der Waals surface area contributed by atoms with E-state index in [1.54, 1.807) is 20.0 Å². The van der Waals surface area contributed by atoms with Gasteiger partial charge in [0.05, 0.1) is 4.92 Å². The summed E-state index contributed by atoms with van der Waals surface area (Å²) in [6, 6.07) is 4.46. The lowest BCUT2D eigenvalue weighted by Gasteiger charge is -2.13. The van der Waals surface area contributed by atoms with Crippen LogP contribution >= 0.6 is 0 Å². The molecule has 1 atom stereocenters. The van der Waals surface area contributed by atoms with Gasteiger partial charge in [-0.15, -0.1) is 0 Å². The molecule has 0 fully saturated rings. The summed E-state index contributed by atoms with van der Waals surface area (Å²) in [5.41, 5.74) is 0.498. The summed E-state index contributed by atoms with van der Waals surface area (Å²) in [5.74, 6) is -1.17. The lowest BCUT2D eigenvalue weighted by atomic mass is 10.2. The lowest BCUT2D eigenvalue weighted by molar-refractivity contribution is -0.386. The summed E-state index contributed by atoms with van der Waals surface area (Å²) in [5, 5.41) is 22.8. The molecule has 0 saturated carbocycles. The molecule has 1 unspecified atom stereocenters. The van der Waals surface area contributed by atoms with Gasteiger partial charge in [-0.2, -0.15) is 0 Å². The normalized spacial score (nSPS) is 11.9. The van der Waals surface area contributed by atoms with Crippen LogP contribution in [0, 0.1) is 10.1 Å². The van der Waals surface area contributed by atoms with Gasteiger partial charge in [0.25, 0.3) is 0 Å². The number of nitrogens with zero attached hydrogens (tertiary/aromatic N) is 1. The molecule has 1 aromatic rings. The number of nitro groups is 1. The predicted octanol–water partition coefficient (Wildman–Crippen LogP) is 1.56. The Balaban J connectivity index is 3.05. The molecular weight excluding hydrogens is 252 g/mol. The van der Waals surface area contributed by atoms with Crippen molar-refractivity contribution in [1.82, 2.24) is 5.32 Å². The highest BCUT2D eigenvalue weighted by Gasteiger charge is 2.23. The Bertz CT molecular complexity index is 475. The van der Waals surface area contributed by atoms with Crippen molar-refractivity contribution in [1.29, 1.82) is 0 Å². The van der Waals surface area contributed by atoms with Crippen LogP contribution in [-0.4, -0.2) is 29.2 Å². The van der Waals surface area contributed by atoms with Gasteiger partial charge in [0.1, 0.15) is 0 Å². The molecule has 0 radical (unpaired) electrons. The van der Waals surface area contributed by atoms with Crippen LogP contribution in [0.2, 0.25) is 0 Å². The maximum absolute atomic E-state index is 11.0. The number of carboxylic acids is 1. The maximum Gasteiger partial charge on any atom is 0.344 e. The van der Waals surface area contributed by atoms with Crippen LogP contribution in [0.25, 0.3) is 0 Å². The van der Waals surface area contributed by atoms with E-state index in [0.717, 1.165) is 5.56 Å². The lowest BCUT2D eigenvalue weighted by Crippen LogP contribution is -2.26. The van der Waals surface area contributed by atoms with Crippen LogP contribution < -0.4 is 10.1 Å². The van der Waals surface area contributed by atoms with E-state index >= 15 is 0 Å². The molecule has 0 bridgehead atoms. The summed E-state index contributed by atoms with van der Waals surface area (Å²) < 4.78 is 5.19. The van der Waals surface area contributed by atoms with Crippen LogP contribution in [0.4, 0.5) is 5.69 Å². The molecule has 0 saturated heterocycles. The second-order valence-corrected chi connectivity index (χ2v) is 3.94. The molecule has 0 heterocycles. The standard InChI is InChI=1S/C12H16N2O5/c1-3-10(12(15)16)19-11-5-4-8(7-13-2)6-9(11)14(17)18/h4-6,10,13H,3,7H2,1-2H3,(H,15,16). The molecule has 1 rings (SSSR count). The largest absolute Gasteiger partial charge is 0.479 e. The first kappa shape index (κ1) is 14.9. The minimum Gasteiger partial charge on any atom is -0.479 e. The first-order valence-corrected chi connectivity index (χ1v) is 5.81. The number of aliphatic carboxylic acids is 1. The zero-order valence-electron chi connectivity index (χ0n) is 10.8. The third kappa shape index (κ3) is 3.92. The number of carboxylic acid groups (broad SMARTS) is 1. The van der Waals surface area contributed by atoms with Crippen LogP contribution in [0.1, 0.15) is 18.9 Å². The highest BCUT2D eigenvalue weighted by atomic mass is 16.6. The number of nitrogens with one attached hydrogen (secondary N) is 1. The van der Waals surface area contributed by atoms with Gasteiger partial charge in [-0.1, -0.05) is 13.0 Å². The van der Waals surface area contributed by atoms with Crippen LogP contribution in [-0.2, 0) is 11.3 Å². The van der Waals surface area contributed by atoms with Crippen molar-refractivity contribution in [3.63, 3.8) is 0 Å². The molecule has 1 aromatic carbocycles. The molecule has 2 N–H and O–H groups in total. The monoisotopic (exact) mass is 268 g/mol. The average molecular weight is 268 g/mol. The summed E-state index contributed by atoms with van der Waals surface area (Å²) in [6.45, 7) is 2.12. The second kappa shape index (κ2) is 6.69. The van der Waals surface area contributed by atoms with Crippen molar-refractivity contribution in [2.24, 2.45) is 0 Å². The van der Waals surface area contributed by atoms with Gasteiger partial charge >= 0.3 is 11.7 Å². The summed E-state index contributed by atoms with van der Waals surface area (Å²) in [7, 11) is 1.73. The number of hydrogen-bond donors (Lipinski definition) is 2. The summed E-state index contributed by atoms with van der Waals surface area (Å²) in [6.07, 6.45) is -0.862. The Labute approximate surface area is 110 Å². The number of benzene rings is 1. The van der Waals surface area contributed by atoms with Crippen molar-refractivity contribution in [3.05, 3.63) is 33.9 Å². The average Bonchev–Trinajstić information content (AvgIpc) is 2.36. The van der Waals surface area contributed by atoms with Gasteiger partial charge in [-0.05, 0) is 25.1 Å². The van der Waals surface area contributed by atoms with Gasteiger partial charge in [-0.25, -0.2) is 4.79 Å². The molecule has 0 aliphatic carbocycles. The molecule has 0 aliphatic rings. The van der Waals surface area contributed by atoms with Crippen molar-refractivity contribution in [2.75, 3.05) is 7.05 Å². The molecule has 7 nitrogen and oxygen atoms in total. The highest BCUT2D eigenvalue weighted by Crippen LogP contribution is 2.29. The molecule has 0 aliphatic heterocycles. The van der Waals surface area contributed by atoms with Crippen LogP contribution in [0.3, 0.4) is 0 Å². The Morgan fingerprint density at radius 1 is 1.58 bits per heavy atom. The quantitative estimate of drug-likeness (QED) is 0.574. The number of rotatable bonds is 7. The zero-order chi connectivity index (χ0) is 14.4. The number of hydrogen-bond acceptors (Lipinski definition) is 5. The Hall–Kier alpha value is -2.15. The van der Waals surface area contributed by atoms with Gasteiger partial charge in [0.2, 0.25) is 0 Å². The van der Waals surface area contributed by atoms with Crippen molar-refractivity contribution < 1.29 is 19.6 Å². The van der Waals surface area contributed by atoms with Crippen molar-refractivity contribution in [2.45, 2.75) is 26.0 Å². The minimum atomic E-state index is -1.14. The van der Waals surface area contributed by atoms with E-state index < -0.39 is 17.0 Å². The van der Waals surface area contributed by atoms with E-state index in [9.17, 15) is 14.9 Å². The first-order valence-electron chi connectivity index (χ1n) is 5.81. The fraction of sp³-hybridized carbons (Fsp3) is 0.417. The predicted molar refractivity (Wildman–Crippen MR) is 68.2 cm³/mol. The van der Waals surface area contributed by atoms with Gasteiger partial charge in [-0.3, -0.25) is 10.1 Å². The highest BCUT2D eigenvalue weighted by molar-refractivity contribution is 5.73. The van der Waals surface area contributed by atoms with Gasteiger partial charge < -0.3 is 15.2 Å². The van der Waals surface area contributed by atoms with E-state index in [2.05, 4.69) is 5.32 Å². The molecule has 0 amide bonds. The summed E-state index contributed by atoms with van der Waals surface area (Å²) in [4.78, 5) is 21.3. The van der Waals surface area contributed by atoms with Crippen LogP contribution in [0.15, 0.2) is 18.2 Å². The third-order valence-corrected chi connectivity index (χ3v) is 2.52. The number of carbonyl (C=O) groups is 1.